The molecule has 144 valence electrons. The molecule has 0 amide bonds. The quantitative estimate of drug-likeness (QED) is 0.521. The summed E-state index contributed by atoms with van der Waals surface area (Å²) < 4.78 is 6.22. The van der Waals surface area contributed by atoms with Crippen molar-refractivity contribution in [2.45, 2.75) is 69.9 Å². The van der Waals surface area contributed by atoms with E-state index < -0.39 is 0 Å². The van der Waals surface area contributed by atoms with E-state index in [9.17, 15) is 9.70 Å². The maximum atomic E-state index is 12.2. The van der Waals surface area contributed by atoms with Gasteiger partial charge in [-0.2, -0.15) is 4.91 Å². The van der Waals surface area contributed by atoms with Gasteiger partial charge in [-0.15, -0.1) is 0 Å². The number of allylic oxidation sites excluding steroid dienone is 3. The van der Waals surface area contributed by atoms with Crippen LogP contribution in [-0.4, -0.2) is 17.6 Å². The summed E-state index contributed by atoms with van der Waals surface area (Å²) in [7, 11) is 0. The van der Waals surface area contributed by atoms with E-state index in [1.165, 1.54) is 24.8 Å². The highest BCUT2D eigenvalue weighted by atomic mass is 16.6. The van der Waals surface area contributed by atoms with Crippen LogP contribution in [0.5, 0.6) is 0 Å². The highest BCUT2D eigenvalue weighted by molar-refractivity contribution is 5.73. The van der Waals surface area contributed by atoms with Gasteiger partial charge in [0.2, 0.25) is 0 Å². The van der Waals surface area contributed by atoms with Gasteiger partial charge in [0.15, 0.2) is 0 Å². The number of carbonyl (C=O) groups is 1. The monoisotopic (exact) mass is 367 g/mol. The molecule has 1 aliphatic heterocycles. The van der Waals surface area contributed by atoms with Gasteiger partial charge in [-0.25, -0.2) is 0 Å². The summed E-state index contributed by atoms with van der Waals surface area (Å²) in [5, 5.41) is 3.29. The summed E-state index contributed by atoms with van der Waals surface area (Å²) in [6.45, 7) is 2.34. The second-order valence-corrected chi connectivity index (χ2v) is 10.1. The second kappa shape index (κ2) is 5.33. The zero-order valence-electron chi connectivity index (χ0n) is 16.1. The molecule has 4 nitrogen and oxygen atoms in total. The Morgan fingerprint density at radius 3 is 2.85 bits per heavy atom. The van der Waals surface area contributed by atoms with Crippen LogP contribution in [0.25, 0.3) is 0 Å². The van der Waals surface area contributed by atoms with Crippen LogP contribution in [0.1, 0.15) is 58.3 Å². The van der Waals surface area contributed by atoms with Crippen molar-refractivity contribution in [3.8, 4) is 0 Å². The van der Waals surface area contributed by atoms with Crippen LogP contribution in [0.4, 0.5) is 0 Å². The summed E-state index contributed by atoms with van der Waals surface area (Å²) in [5.41, 5.74) is 1.41. The maximum Gasteiger partial charge on any atom is 0.306 e. The van der Waals surface area contributed by atoms with E-state index in [1.807, 2.05) is 0 Å². The lowest BCUT2D eigenvalue weighted by molar-refractivity contribution is -0.175. The molecule has 1 saturated heterocycles. The van der Waals surface area contributed by atoms with E-state index in [4.69, 9.17) is 4.74 Å². The Kier molecular flexibility index (Phi) is 3.26. The average Bonchev–Trinajstić information content (AvgIpc) is 3.34. The van der Waals surface area contributed by atoms with Crippen molar-refractivity contribution in [3.63, 3.8) is 0 Å². The lowest BCUT2D eigenvalue weighted by Crippen LogP contribution is -2.55. The minimum Gasteiger partial charge on any atom is -0.458 e. The fourth-order valence-electron chi connectivity index (χ4n) is 8.66. The Balaban J connectivity index is 1.40. The van der Waals surface area contributed by atoms with Crippen LogP contribution in [0.15, 0.2) is 29.0 Å². The Morgan fingerprint density at radius 2 is 2.11 bits per heavy atom. The van der Waals surface area contributed by atoms with E-state index in [2.05, 4.69) is 30.3 Å². The zero-order chi connectivity index (χ0) is 18.4. The van der Waals surface area contributed by atoms with Gasteiger partial charge < -0.3 is 4.74 Å². The predicted molar refractivity (Wildman–Crippen MR) is 102 cm³/mol. The van der Waals surface area contributed by atoms with Crippen molar-refractivity contribution in [1.82, 2.24) is 0 Å². The van der Waals surface area contributed by atoms with Crippen LogP contribution in [0.2, 0.25) is 0 Å². The molecule has 0 N–H and O–H groups in total. The molecular formula is C23H29NO3. The topological polar surface area (TPSA) is 55.7 Å². The molecule has 6 unspecified atom stereocenters. The minimum absolute atomic E-state index is 0.0420. The number of fused-ring (bicyclic) bond motifs is 9. The third-order valence-electron chi connectivity index (χ3n) is 9.59. The molecule has 0 aromatic heterocycles. The third kappa shape index (κ3) is 1.88. The van der Waals surface area contributed by atoms with Gasteiger partial charge in [0, 0.05) is 17.8 Å². The number of esters is 1. The van der Waals surface area contributed by atoms with Gasteiger partial charge in [0.05, 0.1) is 0 Å². The van der Waals surface area contributed by atoms with E-state index in [1.54, 1.807) is 0 Å². The maximum absolute atomic E-state index is 12.2. The fraction of sp³-hybridized carbons (Fsp3) is 0.783. The first-order valence-corrected chi connectivity index (χ1v) is 11.1. The molecule has 6 rings (SSSR count). The molecule has 5 aliphatic carbocycles. The number of nitrogens with zero attached hydrogens (tertiary/aromatic N) is 1. The number of nitroso groups, excluding NO2 is 1. The molecular weight excluding hydrogens is 338 g/mol. The predicted octanol–water partition coefficient (Wildman–Crippen LogP) is 4.79. The van der Waals surface area contributed by atoms with Crippen molar-refractivity contribution in [2.75, 3.05) is 0 Å². The standard InChI is InChI=1S/C23H29NO3/c1-2-22-9-7-16-15-6-4-14(24-26)11-13(15)3-5-17(16)21(22)18-12-19(18)23(22)10-8-20(25)27-23/h3,5,11,14-19,21H,2,4,6-10,12H2,1H3/t14?,15-,16?,17?,18?,19?,21?,22-,23-/m0/s1. The van der Waals surface area contributed by atoms with E-state index in [-0.39, 0.29) is 23.0 Å². The van der Waals surface area contributed by atoms with E-state index >= 15 is 0 Å². The summed E-state index contributed by atoms with van der Waals surface area (Å²) in [6.07, 6.45) is 15.4. The first-order chi connectivity index (χ1) is 13.1. The second-order valence-electron chi connectivity index (χ2n) is 10.1. The van der Waals surface area contributed by atoms with Crippen molar-refractivity contribution >= 4 is 5.97 Å². The number of carbonyl (C=O) groups excluding carboxylic acids is 1. The minimum atomic E-state index is -0.151. The van der Waals surface area contributed by atoms with Gasteiger partial charge in [-0.1, -0.05) is 30.3 Å². The molecule has 4 fully saturated rings. The van der Waals surface area contributed by atoms with Gasteiger partial charge in [0.1, 0.15) is 11.6 Å². The van der Waals surface area contributed by atoms with Crippen molar-refractivity contribution in [2.24, 2.45) is 46.1 Å². The average molecular weight is 367 g/mol. The van der Waals surface area contributed by atoms with Crippen LogP contribution in [-0.2, 0) is 9.53 Å². The molecule has 6 aliphatic rings. The number of hydrogen-bond acceptors (Lipinski definition) is 4. The first kappa shape index (κ1) is 16.5. The Bertz CT molecular complexity index is 772. The Morgan fingerprint density at radius 1 is 1.22 bits per heavy atom. The molecule has 0 aromatic carbocycles. The van der Waals surface area contributed by atoms with Gasteiger partial charge >= 0.3 is 5.97 Å². The summed E-state index contributed by atoms with van der Waals surface area (Å²) in [4.78, 5) is 23.2. The summed E-state index contributed by atoms with van der Waals surface area (Å²) >= 11 is 0. The molecule has 1 heterocycles. The number of hydrogen-bond donors (Lipinski definition) is 0. The van der Waals surface area contributed by atoms with Crippen molar-refractivity contribution in [1.29, 1.82) is 0 Å². The SMILES string of the molecule is CC[C@]12CCC3C(C=CC4=CC(N=O)CC[C@@H]43)C1C1CC1[C@@]21CCC(=O)O1. The number of ether oxygens (including phenoxy) is 1. The molecule has 0 bridgehead atoms. The summed E-state index contributed by atoms with van der Waals surface area (Å²) in [6, 6.07) is -0.128. The first-order valence-electron chi connectivity index (χ1n) is 11.1. The van der Waals surface area contributed by atoms with Gasteiger partial charge in [-0.05, 0) is 80.1 Å². The lowest BCUT2D eigenvalue weighted by atomic mass is 9.49. The molecule has 0 aromatic rings. The van der Waals surface area contributed by atoms with Crippen LogP contribution in [0, 0.1) is 45.8 Å². The van der Waals surface area contributed by atoms with Crippen LogP contribution in [0.3, 0.4) is 0 Å². The normalized spacial score (nSPS) is 54.5. The van der Waals surface area contributed by atoms with E-state index in [0.29, 0.717) is 36.0 Å². The van der Waals surface area contributed by atoms with Crippen LogP contribution >= 0.6 is 0 Å². The smallest absolute Gasteiger partial charge is 0.306 e. The van der Waals surface area contributed by atoms with Crippen LogP contribution < -0.4 is 0 Å². The molecule has 4 heteroatoms. The fourth-order valence-corrected chi connectivity index (χ4v) is 8.66. The highest BCUT2D eigenvalue weighted by Gasteiger charge is 2.79. The number of rotatable bonds is 2. The lowest BCUT2D eigenvalue weighted by Gasteiger charge is -2.57. The molecule has 1 spiro atoms. The van der Waals surface area contributed by atoms with Gasteiger partial charge in [0.25, 0.3) is 0 Å². The zero-order valence-corrected chi connectivity index (χ0v) is 16.1. The third-order valence-corrected chi connectivity index (χ3v) is 9.59. The Hall–Kier alpha value is -1.45. The van der Waals surface area contributed by atoms with Crippen molar-refractivity contribution < 1.29 is 9.53 Å². The largest absolute Gasteiger partial charge is 0.458 e. The van der Waals surface area contributed by atoms with Gasteiger partial charge in [-0.3, -0.25) is 4.79 Å². The van der Waals surface area contributed by atoms with E-state index in [0.717, 1.165) is 31.6 Å². The van der Waals surface area contributed by atoms with Crippen molar-refractivity contribution in [3.05, 3.63) is 28.7 Å². The summed E-state index contributed by atoms with van der Waals surface area (Å²) in [5.74, 6) is 4.02. The highest BCUT2D eigenvalue weighted by Crippen LogP contribution is 2.79. The molecule has 3 saturated carbocycles. The Labute approximate surface area is 160 Å². The molecule has 27 heavy (non-hydrogen) atoms. The molecule has 0 radical (unpaired) electrons. The molecule has 9 atom stereocenters.